The molecule has 0 unspecified atom stereocenters. The van der Waals surface area contributed by atoms with Crippen molar-refractivity contribution in [3.05, 3.63) is 22.5 Å². The van der Waals surface area contributed by atoms with E-state index in [9.17, 15) is 13.2 Å². The lowest BCUT2D eigenvalue weighted by atomic mass is 9.97. The maximum atomic E-state index is 14.3. The average Bonchev–Trinajstić information content (AvgIpc) is 2.60. The Morgan fingerprint density at radius 2 is 2.00 bits per heavy atom. The molecule has 106 valence electrons. The van der Waals surface area contributed by atoms with Gasteiger partial charge in [-0.2, -0.15) is 14.0 Å². The second-order valence-electron chi connectivity index (χ2n) is 4.61. The molecule has 2 aromatic heterocycles. The zero-order chi connectivity index (χ0) is 15.3. The molecule has 0 saturated carbocycles. The van der Waals surface area contributed by atoms with Crippen LogP contribution in [0.15, 0.2) is 6.20 Å². The van der Waals surface area contributed by atoms with Crippen LogP contribution in [0, 0.1) is 11.3 Å². The molecule has 2 N–H and O–H groups in total. The van der Waals surface area contributed by atoms with Crippen molar-refractivity contribution in [3.63, 3.8) is 0 Å². The molecule has 0 bridgehead atoms. The summed E-state index contributed by atoms with van der Waals surface area (Å²) in [5.74, 6) is -4.29. The van der Waals surface area contributed by atoms with Crippen LogP contribution < -0.4 is 5.73 Å². The topological polar surface area (TPSA) is 80.0 Å². The molecular weight excluding hydrogens is 295 g/mol. The number of nitrogens with zero attached hydrogens (tertiary/aromatic N) is 4. The molecule has 0 aromatic carbocycles. The van der Waals surface area contributed by atoms with Crippen molar-refractivity contribution >= 4 is 23.1 Å². The van der Waals surface area contributed by atoms with Crippen molar-refractivity contribution in [1.82, 2.24) is 14.6 Å². The van der Waals surface area contributed by atoms with E-state index >= 15 is 0 Å². The number of anilines is 1. The first-order chi connectivity index (χ1) is 9.11. The SMILES string of the molecule is CC(C)(F)C(F)(F)c1c(C#N)c(Cl)c2cnc(N)nn12. The lowest BCUT2D eigenvalue weighted by molar-refractivity contribution is -0.131. The van der Waals surface area contributed by atoms with Crippen molar-refractivity contribution in [3.8, 4) is 6.07 Å². The molecule has 9 heteroatoms. The quantitative estimate of drug-likeness (QED) is 0.925. The van der Waals surface area contributed by atoms with Gasteiger partial charge in [-0.05, 0) is 13.8 Å². The average molecular weight is 304 g/mol. The summed E-state index contributed by atoms with van der Waals surface area (Å²) in [6.45, 7) is 1.40. The van der Waals surface area contributed by atoms with Crippen molar-refractivity contribution in [2.24, 2.45) is 0 Å². The fourth-order valence-electron chi connectivity index (χ4n) is 1.70. The van der Waals surface area contributed by atoms with Crippen molar-refractivity contribution < 1.29 is 13.2 Å². The predicted octanol–water partition coefficient (Wildman–Crippen LogP) is 2.68. The molecule has 0 aliphatic heterocycles. The molecule has 0 aliphatic carbocycles. The van der Waals surface area contributed by atoms with E-state index in [1.54, 1.807) is 6.07 Å². The minimum atomic E-state index is -3.99. The number of nitrogen functional groups attached to an aromatic ring is 1. The molecular formula is C11H9ClF3N5. The van der Waals surface area contributed by atoms with Crippen molar-refractivity contribution in [1.29, 1.82) is 5.26 Å². The highest BCUT2D eigenvalue weighted by Crippen LogP contribution is 2.45. The Hall–Kier alpha value is -2.01. The number of aromatic nitrogens is 3. The zero-order valence-corrected chi connectivity index (χ0v) is 11.2. The molecule has 2 heterocycles. The summed E-state index contributed by atoms with van der Waals surface area (Å²) in [7, 11) is 0. The van der Waals surface area contributed by atoms with Gasteiger partial charge in [-0.1, -0.05) is 11.6 Å². The van der Waals surface area contributed by atoms with Crippen LogP contribution in [-0.2, 0) is 5.92 Å². The largest absolute Gasteiger partial charge is 0.367 e. The van der Waals surface area contributed by atoms with Gasteiger partial charge in [-0.25, -0.2) is 13.9 Å². The lowest BCUT2D eigenvalue weighted by Gasteiger charge is -2.26. The number of nitrogens with two attached hydrogens (primary N) is 1. The summed E-state index contributed by atoms with van der Waals surface area (Å²) < 4.78 is 43.0. The second-order valence-corrected chi connectivity index (χ2v) is 4.99. The standard InChI is InChI=1S/C11H9ClF3N5/c1-10(2,13)11(14,15)8-5(3-16)7(12)6-4-18-9(17)19-20(6)8/h4H,1-2H3,(H2,17,19). The van der Waals surface area contributed by atoms with E-state index in [1.807, 2.05) is 0 Å². The minimum Gasteiger partial charge on any atom is -0.367 e. The molecule has 0 radical (unpaired) electrons. The van der Waals surface area contributed by atoms with Gasteiger partial charge in [-0.15, -0.1) is 5.10 Å². The summed E-state index contributed by atoms with van der Waals surface area (Å²) >= 11 is 5.85. The summed E-state index contributed by atoms with van der Waals surface area (Å²) in [5, 5.41) is 12.3. The Bertz CT molecular complexity index is 726. The molecule has 0 aliphatic rings. The van der Waals surface area contributed by atoms with E-state index in [4.69, 9.17) is 22.6 Å². The third-order valence-corrected chi connectivity index (χ3v) is 3.18. The molecule has 0 saturated heterocycles. The Balaban J connectivity index is 2.95. The smallest absolute Gasteiger partial charge is 0.323 e. The van der Waals surface area contributed by atoms with Crippen molar-refractivity contribution in [2.45, 2.75) is 25.4 Å². The molecule has 2 rings (SSSR count). The normalized spacial score (nSPS) is 12.7. The van der Waals surface area contributed by atoms with Crippen LogP contribution in [0.4, 0.5) is 19.1 Å². The number of nitriles is 1. The number of fused-ring (bicyclic) bond motifs is 1. The van der Waals surface area contributed by atoms with Gasteiger partial charge in [0, 0.05) is 0 Å². The summed E-state index contributed by atoms with van der Waals surface area (Å²) in [6, 6.07) is 1.54. The van der Waals surface area contributed by atoms with Gasteiger partial charge >= 0.3 is 5.92 Å². The highest BCUT2D eigenvalue weighted by atomic mass is 35.5. The van der Waals surface area contributed by atoms with Crippen LogP contribution in [0.1, 0.15) is 25.1 Å². The van der Waals surface area contributed by atoms with E-state index in [0.29, 0.717) is 18.4 Å². The van der Waals surface area contributed by atoms with Gasteiger partial charge in [0.1, 0.15) is 22.8 Å². The predicted molar refractivity (Wildman–Crippen MR) is 66.2 cm³/mol. The number of halogens is 4. The van der Waals surface area contributed by atoms with E-state index in [2.05, 4.69) is 10.1 Å². The molecule has 20 heavy (non-hydrogen) atoms. The zero-order valence-electron chi connectivity index (χ0n) is 10.5. The van der Waals surface area contributed by atoms with Crippen LogP contribution in [0.2, 0.25) is 5.02 Å². The minimum absolute atomic E-state index is 0.0451. The molecule has 5 nitrogen and oxygen atoms in total. The summed E-state index contributed by atoms with van der Waals surface area (Å²) in [6.07, 6.45) is 1.09. The number of alkyl halides is 3. The third kappa shape index (κ3) is 1.86. The van der Waals surface area contributed by atoms with E-state index in [0.717, 1.165) is 6.20 Å². The van der Waals surface area contributed by atoms with Crippen LogP contribution in [-0.4, -0.2) is 20.3 Å². The molecule has 2 aromatic rings. The van der Waals surface area contributed by atoms with Gasteiger partial charge in [0.05, 0.1) is 11.2 Å². The molecule has 0 amide bonds. The maximum absolute atomic E-state index is 14.3. The first-order valence-electron chi connectivity index (χ1n) is 5.41. The second kappa shape index (κ2) is 4.24. The number of rotatable bonds is 2. The van der Waals surface area contributed by atoms with Crippen LogP contribution in [0.3, 0.4) is 0 Å². The van der Waals surface area contributed by atoms with Gasteiger partial charge < -0.3 is 5.73 Å². The third-order valence-electron chi connectivity index (χ3n) is 2.80. The summed E-state index contributed by atoms with van der Waals surface area (Å²) in [5.41, 5.74) is 0.876. The Morgan fingerprint density at radius 3 is 2.50 bits per heavy atom. The Kier molecular flexibility index (Phi) is 3.06. The fraction of sp³-hybridized carbons (Fsp3) is 0.364. The van der Waals surface area contributed by atoms with E-state index < -0.39 is 22.8 Å². The fourth-order valence-corrected chi connectivity index (χ4v) is 1.96. The first kappa shape index (κ1) is 14.4. The van der Waals surface area contributed by atoms with Gasteiger partial charge in [0.15, 0.2) is 5.67 Å². The number of hydrogen-bond acceptors (Lipinski definition) is 4. The molecule has 0 atom stereocenters. The van der Waals surface area contributed by atoms with E-state index in [1.165, 1.54) is 0 Å². The van der Waals surface area contributed by atoms with Crippen LogP contribution >= 0.6 is 11.6 Å². The van der Waals surface area contributed by atoms with E-state index in [-0.39, 0.29) is 16.5 Å². The Labute approximate surface area is 116 Å². The Morgan fingerprint density at radius 1 is 1.40 bits per heavy atom. The number of hydrogen-bond donors (Lipinski definition) is 1. The van der Waals surface area contributed by atoms with Gasteiger partial charge in [-0.3, -0.25) is 0 Å². The summed E-state index contributed by atoms with van der Waals surface area (Å²) in [4.78, 5) is 3.61. The molecule has 0 fully saturated rings. The van der Waals surface area contributed by atoms with Crippen LogP contribution in [0.25, 0.3) is 5.52 Å². The monoisotopic (exact) mass is 303 g/mol. The van der Waals surface area contributed by atoms with Crippen LogP contribution in [0.5, 0.6) is 0 Å². The van der Waals surface area contributed by atoms with Gasteiger partial charge in [0.2, 0.25) is 5.95 Å². The first-order valence-corrected chi connectivity index (χ1v) is 5.79. The highest BCUT2D eigenvalue weighted by molar-refractivity contribution is 6.35. The maximum Gasteiger partial charge on any atom is 0.323 e. The lowest BCUT2D eigenvalue weighted by Crippen LogP contribution is -2.38. The highest BCUT2D eigenvalue weighted by Gasteiger charge is 2.53. The van der Waals surface area contributed by atoms with Gasteiger partial charge in [0.25, 0.3) is 0 Å². The molecule has 0 spiro atoms. The van der Waals surface area contributed by atoms with Crippen molar-refractivity contribution in [2.75, 3.05) is 5.73 Å².